The highest BCUT2D eigenvalue weighted by Crippen LogP contribution is 2.36. The molecule has 10 heteroatoms. The van der Waals surface area contributed by atoms with E-state index >= 15 is 0 Å². The number of halogens is 3. The summed E-state index contributed by atoms with van der Waals surface area (Å²) in [5, 5.41) is 3.40. The molecule has 0 fully saturated rings. The van der Waals surface area contributed by atoms with E-state index in [2.05, 4.69) is 19.9 Å². The maximum atomic E-state index is 13.2. The van der Waals surface area contributed by atoms with Gasteiger partial charge in [-0.1, -0.05) is 12.1 Å². The Hall–Kier alpha value is -3.95. The summed E-state index contributed by atoms with van der Waals surface area (Å²) in [4.78, 5) is 25.8. The van der Waals surface area contributed by atoms with E-state index in [1.54, 1.807) is 39.2 Å². The van der Waals surface area contributed by atoms with Crippen LogP contribution in [0.2, 0.25) is 0 Å². The highest BCUT2D eigenvalue weighted by Gasteiger charge is 2.31. The quantitative estimate of drug-likeness (QED) is 0.478. The minimum atomic E-state index is -4.43. The Kier molecular flexibility index (Phi) is 5.46. The molecule has 1 atom stereocenters. The van der Waals surface area contributed by atoms with Gasteiger partial charge in [0.15, 0.2) is 5.49 Å². The fourth-order valence-corrected chi connectivity index (χ4v) is 4.35. The van der Waals surface area contributed by atoms with Gasteiger partial charge in [0.1, 0.15) is 17.5 Å². The van der Waals surface area contributed by atoms with Crippen molar-refractivity contribution in [1.29, 1.82) is 0 Å². The standard InChI is InChI=1S/C25H23F3N6O/c1-14(16-5-4-6-18(11-16)25(26,27)28)30-22-20-12-19(17-7-8-21(35)33(3)13-17)23-29-9-10-34(23)24(20)32-15(2)31-22/h4-8,11-14,29H,9-10H2,1-3H3/t14-/m1/s1. The largest absolute Gasteiger partial charge is 0.416 e. The molecule has 0 aliphatic carbocycles. The first-order valence-electron chi connectivity index (χ1n) is 11.2. The summed E-state index contributed by atoms with van der Waals surface area (Å²) < 4.78 is 43.2. The summed E-state index contributed by atoms with van der Waals surface area (Å²) in [5.41, 5.74) is 2.41. The summed E-state index contributed by atoms with van der Waals surface area (Å²) in [6, 6.07) is 9.83. The van der Waals surface area contributed by atoms with Crippen molar-refractivity contribution in [3.63, 3.8) is 0 Å². The van der Waals surface area contributed by atoms with Crippen molar-refractivity contribution in [2.75, 3.05) is 11.9 Å². The van der Waals surface area contributed by atoms with Gasteiger partial charge in [-0.05, 0) is 43.7 Å². The van der Waals surface area contributed by atoms with Crippen molar-refractivity contribution in [2.45, 2.75) is 32.6 Å². The summed E-state index contributed by atoms with van der Waals surface area (Å²) in [7, 11) is 1.69. The van der Waals surface area contributed by atoms with Crippen molar-refractivity contribution < 1.29 is 13.2 Å². The number of fused-ring (bicyclic) bond motifs is 3. The highest BCUT2D eigenvalue weighted by molar-refractivity contribution is 5.81. The van der Waals surface area contributed by atoms with E-state index in [4.69, 9.17) is 4.99 Å². The monoisotopic (exact) mass is 480 g/mol. The van der Waals surface area contributed by atoms with E-state index in [1.807, 2.05) is 6.07 Å². The smallest absolute Gasteiger partial charge is 0.369 e. The lowest BCUT2D eigenvalue weighted by Gasteiger charge is -2.18. The molecule has 0 radical (unpaired) electrons. The SMILES string of the molecule is Cc1nc2n3c(c(-c4ccc(=O)n(C)c4)cc-2c(=N[C@H](C)c2cccc(C(F)(F)F)c2)n1)NCC3. The van der Waals surface area contributed by atoms with E-state index in [0.29, 0.717) is 41.4 Å². The second-order valence-corrected chi connectivity index (χ2v) is 8.61. The van der Waals surface area contributed by atoms with Crippen molar-refractivity contribution in [2.24, 2.45) is 12.0 Å². The number of alkyl halides is 3. The Morgan fingerprint density at radius 3 is 2.66 bits per heavy atom. The number of aryl methyl sites for hydroxylation is 2. The number of benzene rings is 1. The number of nitrogens with one attached hydrogen (secondary N) is 1. The van der Waals surface area contributed by atoms with Crippen LogP contribution in [-0.4, -0.2) is 25.6 Å². The van der Waals surface area contributed by atoms with Crippen LogP contribution >= 0.6 is 0 Å². The van der Waals surface area contributed by atoms with Gasteiger partial charge in [-0.3, -0.25) is 9.79 Å². The molecule has 0 bridgehead atoms. The Bertz CT molecular complexity index is 1540. The van der Waals surface area contributed by atoms with E-state index in [-0.39, 0.29) is 5.56 Å². The molecule has 0 saturated carbocycles. The molecule has 1 aromatic carbocycles. The molecule has 5 rings (SSSR count). The van der Waals surface area contributed by atoms with Gasteiger partial charge in [0.25, 0.3) is 0 Å². The van der Waals surface area contributed by atoms with Crippen LogP contribution < -0.4 is 16.4 Å². The van der Waals surface area contributed by atoms with Crippen LogP contribution in [0.15, 0.2) is 58.4 Å². The van der Waals surface area contributed by atoms with Crippen molar-refractivity contribution in [3.8, 4) is 22.5 Å². The molecule has 3 aliphatic heterocycles. The zero-order valence-corrected chi connectivity index (χ0v) is 19.4. The number of anilines is 1. The molecular formula is C25H23F3N6O. The van der Waals surface area contributed by atoms with E-state index in [0.717, 1.165) is 29.1 Å². The Balaban J connectivity index is 1.71. The van der Waals surface area contributed by atoms with Crippen LogP contribution in [0.4, 0.5) is 19.0 Å². The Labute approximate surface area is 199 Å². The lowest BCUT2D eigenvalue weighted by Crippen LogP contribution is -2.21. The molecule has 35 heavy (non-hydrogen) atoms. The van der Waals surface area contributed by atoms with Gasteiger partial charge in [-0.25, -0.2) is 9.97 Å². The van der Waals surface area contributed by atoms with Gasteiger partial charge in [0, 0.05) is 43.5 Å². The summed E-state index contributed by atoms with van der Waals surface area (Å²) >= 11 is 0. The minimum Gasteiger partial charge on any atom is -0.369 e. The van der Waals surface area contributed by atoms with E-state index in [1.165, 1.54) is 16.7 Å². The molecule has 1 aromatic heterocycles. The normalized spacial score (nSPS) is 14.7. The first-order valence-corrected chi connectivity index (χ1v) is 11.2. The van der Waals surface area contributed by atoms with Crippen LogP contribution in [-0.2, 0) is 19.8 Å². The second kappa shape index (κ2) is 8.37. The van der Waals surface area contributed by atoms with Gasteiger partial charge >= 0.3 is 6.18 Å². The maximum absolute atomic E-state index is 13.2. The van der Waals surface area contributed by atoms with Gasteiger partial charge in [-0.15, -0.1) is 0 Å². The molecular weight excluding hydrogens is 457 g/mol. The van der Waals surface area contributed by atoms with Crippen LogP contribution in [0, 0.1) is 6.92 Å². The second-order valence-electron chi connectivity index (χ2n) is 8.61. The number of hydrogen-bond acceptors (Lipinski definition) is 5. The van der Waals surface area contributed by atoms with Crippen LogP contribution in [0.25, 0.3) is 22.5 Å². The van der Waals surface area contributed by atoms with Crippen molar-refractivity contribution in [1.82, 2.24) is 19.1 Å². The van der Waals surface area contributed by atoms with Gasteiger partial charge in [-0.2, -0.15) is 13.2 Å². The lowest BCUT2D eigenvalue weighted by atomic mass is 10.0. The van der Waals surface area contributed by atoms with Crippen molar-refractivity contribution in [3.05, 3.63) is 81.5 Å². The number of rotatable bonds is 3. The summed E-state index contributed by atoms with van der Waals surface area (Å²) in [6.07, 6.45) is -2.66. The third kappa shape index (κ3) is 4.20. The predicted octanol–water partition coefficient (Wildman–Crippen LogP) is 4.16. The number of hydrogen-bond donors (Lipinski definition) is 1. The van der Waals surface area contributed by atoms with Crippen molar-refractivity contribution >= 4 is 5.82 Å². The Morgan fingerprint density at radius 1 is 1.11 bits per heavy atom. The van der Waals surface area contributed by atoms with E-state index < -0.39 is 17.8 Å². The molecule has 2 aromatic rings. The zero-order chi connectivity index (χ0) is 24.9. The van der Waals surface area contributed by atoms with Crippen LogP contribution in [0.3, 0.4) is 0 Å². The van der Waals surface area contributed by atoms with E-state index in [9.17, 15) is 18.0 Å². The fourth-order valence-electron chi connectivity index (χ4n) is 4.35. The van der Waals surface area contributed by atoms with Gasteiger partial charge in [0.05, 0.1) is 17.2 Å². The van der Waals surface area contributed by atoms with Crippen LogP contribution in [0.5, 0.6) is 0 Å². The lowest BCUT2D eigenvalue weighted by molar-refractivity contribution is -0.137. The molecule has 4 heterocycles. The molecule has 0 saturated heterocycles. The van der Waals surface area contributed by atoms with Gasteiger partial charge < -0.3 is 14.5 Å². The third-order valence-electron chi connectivity index (χ3n) is 6.12. The topological polar surface area (TPSA) is 77.1 Å². The first kappa shape index (κ1) is 22.8. The molecule has 3 aliphatic rings. The number of aromatic nitrogens is 4. The van der Waals surface area contributed by atoms with Gasteiger partial charge in [0.2, 0.25) is 5.56 Å². The summed E-state index contributed by atoms with van der Waals surface area (Å²) in [6.45, 7) is 4.91. The van der Waals surface area contributed by atoms with Crippen LogP contribution in [0.1, 0.15) is 29.9 Å². The molecule has 0 unspecified atom stereocenters. The average molecular weight is 480 g/mol. The molecule has 180 valence electrons. The first-order chi connectivity index (χ1) is 16.6. The fraction of sp³-hybridized carbons (Fsp3) is 0.280. The Morgan fingerprint density at radius 2 is 1.91 bits per heavy atom. The third-order valence-corrected chi connectivity index (χ3v) is 6.12. The molecule has 1 N–H and O–H groups in total. The average Bonchev–Trinajstić information content (AvgIpc) is 3.30. The molecule has 0 spiro atoms. The zero-order valence-electron chi connectivity index (χ0n) is 19.4. The predicted molar refractivity (Wildman–Crippen MR) is 126 cm³/mol. The molecule has 7 nitrogen and oxygen atoms in total. The maximum Gasteiger partial charge on any atom is 0.416 e. The molecule has 0 amide bonds. The number of pyridine rings is 2. The minimum absolute atomic E-state index is 0.114. The number of nitrogens with zero attached hydrogens (tertiary/aromatic N) is 5. The summed E-state index contributed by atoms with van der Waals surface area (Å²) in [5.74, 6) is 2.09. The highest BCUT2D eigenvalue weighted by atomic mass is 19.4.